The van der Waals surface area contributed by atoms with Gasteiger partial charge in [0.05, 0.1) is 23.7 Å². The minimum absolute atomic E-state index is 0.0606. The van der Waals surface area contributed by atoms with Crippen LogP contribution in [0.5, 0.6) is 0 Å². The standard InChI is InChI=1S/C19H18F2N4O2S/c1-11(18(26)22-16-7-6-13(20)9-15(16)21)28-19-24-23-17(12-4-5-12)25(19)10-14-3-2-8-27-14/h2-3,6-9,11-12H,4-5,10H2,1H3,(H,22,26). The summed E-state index contributed by atoms with van der Waals surface area (Å²) in [6.45, 7) is 2.18. The summed E-state index contributed by atoms with van der Waals surface area (Å²) in [7, 11) is 0. The van der Waals surface area contributed by atoms with Crippen molar-refractivity contribution in [2.24, 2.45) is 0 Å². The Morgan fingerprint density at radius 3 is 2.86 bits per heavy atom. The molecule has 9 heteroatoms. The molecule has 6 nitrogen and oxygen atoms in total. The van der Waals surface area contributed by atoms with E-state index in [1.807, 2.05) is 16.7 Å². The van der Waals surface area contributed by atoms with Gasteiger partial charge in [0, 0.05) is 12.0 Å². The topological polar surface area (TPSA) is 73.0 Å². The molecule has 0 spiro atoms. The van der Waals surface area contributed by atoms with E-state index in [0.29, 0.717) is 17.6 Å². The first-order chi connectivity index (χ1) is 13.5. The van der Waals surface area contributed by atoms with Crippen molar-refractivity contribution in [1.29, 1.82) is 0 Å². The van der Waals surface area contributed by atoms with E-state index in [4.69, 9.17) is 4.42 Å². The number of aromatic nitrogens is 3. The molecule has 1 unspecified atom stereocenters. The second-order valence-electron chi connectivity index (χ2n) is 6.65. The van der Waals surface area contributed by atoms with Crippen LogP contribution in [0.25, 0.3) is 0 Å². The molecule has 2 heterocycles. The molecular formula is C19H18F2N4O2S. The molecule has 1 aliphatic rings. The summed E-state index contributed by atoms with van der Waals surface area (Å²) in [6, 6.07) is 6.72. The predicted molar refractivity (Wildman–Crippen MR) is 100 cm³/mol. The number of nitrogens with zero attached hydrogens (tertiary/aromatic N) is 3. The highest BCUT2D eigenvalue weighted by Crippen LogP contribution is 2.40. The second kappa shape index (κ2) is 7.75. The van der Waals surface area contributed by atoms with Crippen LogP contribution >= 0.6 is 11.8 Å². The van der Waals surface area contributed by atoms with Gasteiger partial charge in [-0.1, -0.05) is 11.8 Å². The van der Waals surface area contributed by atoms with Crippen LogP contribution in [0, 0.1) is 11.6 Å². The fourth-order valence-electron chi connectivity index (χ4n) is 2.77. The van der Waals surface area contributed by atoms with Crippen LogP contribution in [-0.4, -0.2) is 25.9 Å². The monoisotopic (exact) mass is 404 g/mol. The quantitative estimate of drug-likeness (QED) is 0.598. The summed E-state index contributed by atoms with van der Waals surface area (Å²) in [6.07, 6.45) is 3.75. The van der Waals surface area contributed by atoms with E-state index in [9.17, 15) is 13.6 Å². The third-order valence-corrected chi connectivity index (χ3v) is 5.50. The molecule has 0 bridgehead atoms. The van der Waals surface area contributed by atoms with Crippen molar-refractivity contribution in [2.75, 3.05) is 5.32 Å². The van der Waals surface area contributed by atoms with Crippen molar-refractivity contribution in [2.45, 2.75) is 42.6 Å². The van der Waals surface area contributed by atoms with Gasteiger partial charge in [-0.05, 0) is 44.0 Å². The number of carbonyl (C=O) groups is 1. The third kappa shape index (κ3) is 4.09. The Kier molecular flexibility index (Phi) is 5.17. The van der Waals surface area contributed by atoms with E-state index in [-0.39, 0.29) is 5.69 Å². The van der Waals surface area contributed by atoms with Crippen molar-refractivity contribution in [3.05, 3.63) is 59.8 Å². The van der Waals surface area contributed by atoms with Crippen LogP contribution in [0.15, 0.2) is 46.2 Å². The highest BCUT2D eigenvalue weighted by Gasteiger charge is 2.31. The van der Waals surface area contributed by atoms with Gasteiger partial charge in [-0.15, -0.1) is 10.2 Å². The van der Waals surface area contributed by atoms with Crippen LogP contribution in [0.4, 0.5) is 14.5 Å². The minimum Gasteiger partial charge on any atom is -0.467 e. The van der Waals surface area contributed by atoms with Crippen LogP contribution in [0.2, 0.25) is 0 Å². The zero-order valence-corrected chi connectivity index (χ0v) is 15.9. The van der Waals surface area contributed by atoms with Gasteiger partial charge in [0.2, 0.25) is 5.91 Å². The maximum atomic E-state index is 13.8. The highest BCUT2D eigenvalue weighted by atomic mass is 32.2. The first-order valence-corrected chi connectivity index (χ1v) is 9.77. The average molecular weight is 404 g/mol. The van der Waals surface area contributed by atoms with E-state index in [0.717, 1.165) is 36.6 Å². The molecule has 2 aromatic heterocycles. The van der Waals surface area contributed by atoms with Gasteiger partial charge in [0.15, 0.2) is 5.16 Å². The summed E-state index contributed by atoms with van der Waals surface area (Å²) in [5.74, 6) is 0.120. The smallest absolute Gasteiger partial charge is 0.237 e. The van der Waals surface area contributed by atoms with Gasteiger partial charge in [0.1, 0.15) is 23.2 Å². The van der Waals surface area contributed by atoms with Gasteiger partial charge in [-0.2, -0.15) is 0 Å². The van der Waals surface area contributed by atoms with Crippen molar-refractivity contribution in [3.8, 4) is 0 Å². The molecule has 1 fully saturated rings. The molecule has 1 saturated carbocycles. The summed E-state index contributed by atoms with van der Waals surface area (Å²) < 4.78 is 34.2. The number of halogens is 2. The number of hydrogen-bond acceptors (Lipinski definition) is 5. The number of hydrogen-bond donors (Lipinski definition) is 1. The lowest BCUT2D eigenvalue weighted by Crippen LogP contribution is -2.23. The van der Waals surface area contributed by atoms with Crippen LogP contribution in [0.3, 0.4) is 0 Å². The summed E-state index contributed by atoms with van der Waals surface area (Å²) >= 11 is 1.23. The largest absolute Gasteiger partial charge is 0.467 e. The van der Waals surface area contributed by atoms with Crippen LogP contribution in [-0.2, 0) is 11.3 Å². The number of rotatable bonds is 7. The molecule has 4 rings (SSSR count). The number of anilines is 1. The Hall–Kier alpha value is -2.68. The lowest BCUT2D eigenvalue weighted by Gasteiger charge is -2.13. The van der Waals surface area contributed by atoms with Crippen LogP contribution in [0.1, 0.15) is 37.3 Å². The zero-order chi connectivity index (χ0) is 19.7. The maximum Gasteiger partial charge on any atom is 0.237 e. The second-order valence-corrected chi connectivity index (χ2v) is 7.96. The normalized spacial score (nSPS) is 14.8. The van der Waals surface area contributed by atoms with Crippen molar-refractivity contribution < 1.29 is 18.0 Å². The SMILES string of the molecule is CC(Sc1nnc(C2CC2)n1Cc1ccco1)C(=O)Nc1ccc(F)cc1F. The van der Waals surface area contributed by atoms with E-state index < -0.39 is 22.8 Å². The number of benzene rings is 1. The van der Waals surface area contributed by atoms with Crippen molar-refractivity contribution >= 4 is 23.4 Å². The van der Waals surface area contributed by atoms with Crippen molar-refractivity contribution in [3.63, 3.8) is 0 Å². The van der Waals surface area contributed by atoms with Gasteiger partial charge in [-0.3, -0.25) is 9.36 Å². The lowest BCUT2D eigenvalue weighted by atomic mass is 10.3. The number of carbonyl (C=O) groups excluding carboxylic acids is 1. The van der Waals surface area contributed by atoms with Gasteiger partial charge >= 0.3 is 0 Å². The number of furan rings is 1. The molecule has 1 aliphatic carbocycles. The van der Waals surface area contributed by atoms with Gasteiger partial charge in [0.25, 0.3) is 0 Å². The molecule has 1 aromatic carbocycles. The van der Waals surface area contributed by atoms with E-state index in [1.165, 1.54) is 17.8 Å². The lowest BCUT2D eigenvalue weighted by molar-refractivity contribution is -0.115. The molecule has 1 atom stereocenters. The van der Waals surface area contributed by atoms with Gasteiger partial charge in [-0.25, -0.2) is 8.78 Å². The Balaban J connectivity index is 1.49. The first kappa shape index (κ1) is 18.7. The molecule has 28 heavy (non-hydrogen) atoms. The predicted octanol–water partition coefficient (Wildman–Crippen LogP) is 4.19. The van der Waals surface area contributed by atoms with Crippen LogP contribution < -0.4 is 5.32 Å². The number of amides is 1. The summed E-state index contributed by atoms with van der Waals surface area (Å²) in [5, 5.41) is 11.1. The number of thioether (sulfide) groups is 1. The minimum atomic E-state index is -0.817. The van der Waals surface area contributed by atoms with E-state index >= 15 is 0 Å². The fraction of sp³-hybridized carbons (Fsp3) is 0.316. The first-order valence-electron chi connectivity index (χ1n) is 8.89. The Morgan fingerprint density at radius 1 is 1.36 bits per heavy atom. The molecule has 3 aromatic rings. The third-order valence-electron chi connectivity index (χ3n) is 4.42. The molecule has 146 valence electrons. The highest BCUT2D eigenvalue weighted by molar-refractivity contribution is 8.00. The molecule has 1 amide bonds. The van der Waals surface area contributed by atoms with Crippen molar-refractivity contribution in [1.82, 2.24) is 14.8 Å². The Morgan fingerprint density at radius 2 is 2.18 bits per heavy atom. The van der Waals surface area contributed by atoms with E-state index in [1.54, 1.807) is 13.2 Å². The Bertz CT molecular complexity index is 986. The summed E-state index contributed by atoms with van der Waals surface area (Å²) in [4.78, 5) is 12.5. The molecule has 0 saturated heterocycles. The van der Waals surface area contributed by atoms with Gasteiger partial charge < -0.3 is 9.73 Å². The molecule has 1 N–H and O–H groups in total. The zero-order valence-electron chi connectivity index (χ0n) is 15.1. The Labute approximate surface area is 164 Å². The molecule has 0 aliphatic heterocycles. The van der Waals surface area contributed by atoms with E-state index in [2.05, 4.69) is 15.5 Å². The fourth-order valence-corrected chi connectivity index (χ4v) is 3.63. The molecular weight excluding hydrogens is 386 g/mol. The summed E-state index contributed by atoms with van der Waals surface area (Å²) in [5.41, 5.74) is -0.0606. The average Bonchev–Trinajstić information content (AvgIpc) is 3.23. The maximum absolute atomic E-state index is 13.8. The number of nitrogens with one attached hydrogen (secondary N) is 1. The molecule has 0 radical (unpaired) electrons.